The van der Waals surface area contributed by atoms with Crippen molar-refractivity contribution in [2.45, 2.75) is 13.0 Å². The molecule has 0 saturated heterocycles. The average molecular weight is 463 g/mol. The number of hydrogen-bond acceptors (Lipinski definition) is 6. The Kier molecular flexibility index (Phi) is 6.70. The number of aromatic nitrogens is 5. The minimum absolute atomic E-state index is 0.0597. The largest absolute Gasteiger partial charge is 0.352 e. The fourth-order valence-corrected chi connectivity index (χ4v) is 3.28. The van der Waals surface area contributed by atoms with Gasteiger partial charge in [0.2, 0.25) is 5.69 Å². The Balaban J connectivity index is 1.70. The second-order valence-electron chi connectivity index (χ2n) is 7.10. The van der Waals surface area contributed by atoms with E-state index in [4.69, 9.17) is 11.6 Å². The lowest BCUT2D eigenvalue weighted by molar-refractivity contribution is 0.0944. The first-order valence-electron chi connectivity index (χ1n) is 10.1. The summed E-state index contributed by atoms with van der Waals surface area (Å²) in [5, 5.41) is 7.24. The van der Waals surface area contributed by atoms with Crippen LogP contribution in [0.2, 0.25) is 5.02 Å². The molecule has 4 aromatic rings. The van der Waals surface area contributed by atoms with Crippen LogP contribution < -0.4 is 16.6 Å². The first-order valence-corrected chi connectivity index (χ1v) is 10.5. The van der Waals surface area contributed by atoms with Gasteiger partial charge >= 0.3 is 5.69 Å². The van der Waals surface area contributed by atoms with Gasteiger partial charge in [-0.25, -0.2) is 4.79 Å². The van der Waals surface area contributed by atoms with Crippen molar-refractivity contribution >= 4 is 17.5 Å². The summed E-state index contributed by atoms with van der Waals surface area (Å²) < 4.78 is 1.98. The Morgan fingerprint density at radius 2 is 1.82 bits per heavy atom. The lowest BCUT2D eigenvalue weighted by Crippen LogP contribution is -2.46. The van der Waals surface area contributed by atoms with Gasteiger partial charge in [0.05, 0.1) is 12.2 Å². The lowest BCUT2D eigenvalue weighted by atomic mass is 10.2. The predicted octanol–water partition coefficient (Wildman–Crippen LogP) is 1.86. The number of nitrogens with one attached hydrogen (secondary N) is 1. The first kappa shape index (κ1) is 22.1. The van der Waals surface area contributed by atoms with Gasteiger partial charge < -0.3 is 5.32 Å². The van der Waals surface area contributed by atoms with Crippen LogP contribution in [-0.4, -0.2) is 36.8 Å². The summed E-state index contributed by atoms with van der Waals surface area (Å²) in [4.78, 5) is 47.3. The normalized spacial score (nSPS) is 10.7. The van der Waals surface area contributed by atoms with Crippen molar-refractivity contribution in [2.75, 3.05) is 6.54 Å². The number of rotatable bonds is 7. The maximum Gasteiger partial charge on any atom is 0.352 e. The fourth-order valence-electron chi connectivity index (χ4n) is 3.16. The van der Waals surface area contributed by atoms with E-state index in [9.17, 15) is 14.4 Å². The topological polar surface area (TPSA) is 112 Å². The molecule has 1 aromatic carbocycles. The first-order chi connectivity index (χ1) is 16.0. The Bertz CT molecular complexity index is 1370. The van der Waals surface area contributed by atoms with Crippen LogP contribution in [0.3, 0.4) is 0 Å². The van der Waals surface area contributed by atoms with Gasteiger partial charge in [-0.3, -0.25) is 24.1 Å². The number of pyridine rings is 2. The molecule has 0 aliphatic carbocycles. The molecule has 0 spiro atoms. The summed E-state index contributed by atoms with van der Waals surface area (Å²) in [6.45, 7) is 0.190. The molecule has 0 bridgehead atoms. The third-order valence-corrected chi connectivity index (χ3v) is 5.05. The molecule has 0 atom stereocenters. The average Bonchev–Trinajstić information content (AvgIpc) is 2.84. The Morgan fingerprint density at radius 1 is 1.00 bits per heavy atom. The van der Waals surface area contributed by atoms with E-state index in [0.717, 1.165) is 14.9 Å². The molecule has 33 heavy (non-hydrogen) atoms. The van der Waals surface area contributed by atoms with E-state index >= 15 is 0 Å². The summed E-state index contributed by atoms with van der Waals surface area (Å²) in [6.07, 6.45) is 5.28. The van der Waals surface area contributed by atoms with Crippen LogP contribution in [0.4, 0.5) is 0 Å². The zero-order valence-corrected chi connectivity index (χ0v) is 18.1. The van der Waals surface area contributed by atoms with Crippen molar-refractivity contribution in [2.24, 2.45) is 0 Å². The van der Waals surface area contributed by atoms with Crippen molar-refractivity contribution < 1.29 is 4.79 Å². The van der Waals surface area contributed by atoms with Crippen LogP contribution in [0.15, 0.2) is 82.8 Å². The number of carbonyl (C=O) groups is 1. The van der Waals surface area contributed by atoms with Crippen molar-refractivity contribution in [3.63, 3.8) is 0 Å². The number of hydrogen-bond donors (Lipinski definition) is 1. The molecular formula is C23H19ClN6O3. The van der Waals surface area contributed by atoms with Gasteiger partial charge in [-0.15, -0.1) is 0 Å². The molecule has 166 valence electrons. The number of halogens is 1. The third kappa shape index (κ3) is 5.21. The standard InChI is InChI=1S/C23H19ClN6O3/c24-17-6-8-19(9-7-17)30-23(33)29(15-16-4-3-11-25-14-16)22(32)20(28-30)21(31)27-13-10-18-5-1-2-12-26-18/h1-9,11-12,14H,10,13,15H2,(H,27,31). The predicted molar refractivity (Wildman–Crippen MR) is 123 cm³/mol. The minimum Gasteiger partial charge on any atom is -0.350 e. The van der Waals surface area contributed by atoms with E-state index < -0.39 is 22.9 Å². The Labute approximate surface area is 193 Å². The van der Waals surface area contributed by atoms with Crippen molar-refractivity contribution in [1.29, 1.82) is 0 Å². The molecule has 1 N–H and O–H groups in total. The summed E-state index contributed by atoms with van der Waals surface area (Å²) in [5.41, 5.74) is -0.0695. The lowest BCUT2D eigenvalue weighted by Gasteiger charge is -2.12. The molecular weight excluding hydrogens is 444 g/mol. The third-order valence-electron chi connectivity index (χ3n) is 4.80. The van der Waals surface area contributed by atoms with Crippen molar-refractivity contribution in [3.8, 4) is 5.69 Å². The molecule has 3 aromatic heterocycles. The molecule has 1 amide bonds. The van der Waals surface area contributed by atoms with Gasteiger partial charge in [0.15, 0.2) is 0 Å². The summed E-state index contributed by atoms with van der Waals surface area (Å²) in [5.74, 6) is -0.682. The molecule has 0 unspecified atom stereocenters. The SMILES string of the molecule is O=C(NCCc1ccccn1)c1nn(-c2ccc(Cl)cc2)c(=O)n(Cc2cccnc2)c1=O. The van der Waals surface area contributed by atoms with Gasteiger partial charge in [-0.2, -0.15) is 9.78 Å². The highest BCUT2D eigenvalue weighted by Gasteiger charge is 2.20. The van der Waals surface area contributed by atoms with Gasteiger partial charge in [-0.1, -0.05) is 23.7 Å². The second kappa shape index (κ2) is 10.0. The van der Waals surface area contributed by atoms with Gasteiger partial charge in [-0.05, 0) is 48.0 Å². The molecule has 10 heteroatoms. The van der Waals surface area contributed by atoms with Crippen LogP contribution in [-0.2, 0) is 13.0 Å². The van der Waals surface area contributed by atoms with E-state index in [2.05, 4.69) is 20.4 Å². The Morgan fingerprint density at radius 3 is 2.52 bits per heavy atom. The Hall–Kier alpha value is -4.11. The number of amides is 1. The van der Waals surface area contributed by atoms with Crippen molar-refractivity contribution in [1.82, 2.24) is 29.6 Å². The van der Waals surface area contributed by atoms with E-state index in [-0.39, 0.29) is 13.1 Å². The van der Waals surface area contributed by atoms with Crippen LogP contribution >= 0.6 is 11.6 Å². The molecule has 0 saturated carbocycles. The molecule has 0 aliphatic rings. The maximum atomic E-state index is 13.1. The molecule has 0 aliphatic heterocycles. The highest BCUT2D eigenvalue weighted by atomic mass is 35.5. The van der Waals surface area contributed by atoms with Crippen LogP contribution in [0, 0.1) is 0 Å². The fraction of sp³-hybridized carbons (Fsp3) is 0.130. The van der Waals surface area contributed by atoms with E-state index in [1.165, 1.54) is 0 Å². The number of benzene rings is 1. The van der Waals surface area contributed by atoms with Crippen molar-refractivity contribution in [3.05, 3.63) is 116 Å². The molecule has 3 heterocycles. The number of carbonyl (C=O) groups excluding carboxylic acids is 1. The highest BCUT2D eigenvalue weighted by Crippen LogP contribution is 2.11. The minimum atomic E-state index is -0.788. The van der Waals surface area contributed by atoms with Crippen LogP contribution in [0.25, 0.3) is 5.69 Å². The zero-order chi connectivity index (χ0) is 23.2. The molecule has 4 rings (SSSR count). The van der Waals surface area contributed by atoms with E-state index in [1.54, 1.807) is 61.1 Å². The van der Waals surface area contributed by atoms with Crippen LogP contribution in [0.1, 0.15) is 21.7 Å². The molecule has 0 fully saturated rings. The zero-order valence-electron chi connectivity index (χ0n) is 17.4. The summed E-state index contributed by atoms with van der Waals surface area (Å²) in [6, 6.07) is 15.3. The van der Waals surface area contributed by atoms with E-state index in [1.807, 2.05) is 12.1 Å². The number of nitrogens with zero attached hydrogens (tertiary/aromatic N) is 5. The van der Waals surface area contributed by atoms with Crippen LogP contribution in [0.5, 0.6) is 0 Å². The van der Waals surface area contributed by atoms with Gasteiger partial charge in [0.25, 0.3) is 11.5 Å². The highest BCUT2D eigenvalue weighted by molar-refractivity contribution is 6.30. The smallest absolute Gasteiger partial charge is 0.350 e. The van der Waals surface area contributed by atoms with Gasteiger partial charge in [0.1, 0.15) is 0 Å². The summed E-state index contributed by atoms with van der Waals surface area (Å²) >= 11 is 5.95. The van der Waals surface area contributed by atoms with Gasteiger partial charge in [0, 0.05) is 42.3 Å². The van der Waals surface area contributed by atoms with E-state index in [0.29, 0.717) is 22.7 Å². The molecule has 0 radical (unpaired) electrons. The maximum absolute atomic E-state index is 13.1. The second-order valence-corrected chi connectivity index (χ2v) is 7.54. The monoisotopic (exact) mass is 462 g/mol. The summed E-state index contributed by atoms with van der Waals surface area (Å²) in [7, 11) is 0. The molecule has 9 nitrogen and oxygen atoms in total. The quantitative estimate of drug-likeness (QED) is 0.448.